The molecule has 4 rings (SSSR count). The maximum Gasteiger partial charge on any atom is 0.156 e. The minimum Gasteiger partial charge on any atom is -0.508 e. The molecule has 0 aliphatic heterocycles. The van der Waals surface area contributed by atoms with E-state index in [2.05, 4.69) is 62.4 Å². The van der Waals surface area contributed by atoms with Crippen molar-refractivity contribution in [2.75, 3.05) is 0 Å². The number of phenols is 1. The number of allylic oxidation sites excluding steroid dienone is 3. The summed E-state index contributed by atoms with van der Waals surface area (Å²) in [6.07, 6.45) is 14.1. The molecule has 0 amide bonds. The molecule has 0 aromatic heterocycles. The molecule has 0 spiro atoms. The Morgan fingerprint density at radius 2 is 1.72 bits per heavy atom. The SMILES string of the molecule is CCCC=C(CCCC)c1ccc(Cc2ccc3c(c2)C(Cc2cccc(O)c2)CC(=O)C=C3)cc1. The van der Waals surface area contributed by atoms with E-state index in [9.17, 15) is 9.90 Å². The van der Waals surface area contributed by atoms with E-state index in [0.717, 1.165) is 36.8 Å². The number of phenolic OH excluding ortho intramolecular Hbond substituents is 1. The van der Waals surface area contributed by atoms with E-state index in [4.69, 9.17) is 0 Å². The van der Waals surface area contributed by atoms with E-state index in [-0.39, 0.29) is 17.5 Å². The highest BCUT2D eigenvalue weighted by Crippen LogP contribution is 2.33. The second-order valence-corrected chi connectivity index (χ2v) is 10.0. The second-order valence-electron chi connectivity index (χ2n) is 10.0. The highest BCUT2D eigenvalue weighted by Gasteiger charge is 2.21. The predicted octanol–water partition coefficient (Wildman–Crippen LogP) is 8.67. The van der Waals surface area contributed by atoms with Gasteiger partial charge < -0.3 is 5.11 Å². The van der Waals surface area contributed by atoms with Crippen LogP contribution < -0.4 is 0 Å². The van der Waals surface area contributed by atoms with Gasteiger partial charge in [0.1, 0.15) is 5.75 Å². The van der Waals surface area contributed by atoms with E-state index in [0.29, 0.717) is 6.42 Å². The van der Waals surface area contributed by atoms with E-state index >= 15 is 0 Å². The monoisotopic (exact) mass is 478 g/mol. The van der Waals surface area contributed by atoms with Crippen molar-refractivity contribution < 1.29 is 9.90 Å². The van der Waals surface area contributed by atoms with Crippen LogP contribution in [0.3, 0.4) is 0 Å². The number of ketones is 1. The highest BCUT2D eigenvalue weighted by molar-refractivity contribution is 5.95. The Morgan fingerprint density at radius 3 is 2.47 bits per heavy atom. The average molecular weight is 479 g/mol. The molecule has 0 fully saturated rings. The van der Waals surface area contributed by atoms with Crippen molar-refractivity contribution >= 4 is 17.4 Å². The summed E-state index contributed by atoms with van der Waals surface area (Å²) in [7, 11) is 0. The van der Waals surface area contributed by atoms with E-state index in [1.165, 1.54) is 47.1 Å². The number of unbranched alkanes of at least 4 members (excludes halogenated alkanes) is 2. The van der Waals surface area contributed by atoms with Crippen molar-refractivity contribution in [1.29, 1.82) is 0 Å². The Hall–Kier alpha value is -3.39. The van der Waals surface area contributed by atoms with E-state index in [1.807, 2.05) is 18.2 Å². The van der Waals surface area contributed by atoms with Crippen LogP contribution in [0.1, 0.15) is 91.7 Å². The number of carbonyl (C=O) groups is 1. The summed E-state index contributed by atoms with van der Waals surface area (Å²) in [5, 5.41) is 9.91. The van der Waals surface area contributed by atoms with Crippen molar-refractivity contribution in [3.05, 3.63) is 112 Å². The molecule has 1 aliphatic rings. The standard InChI is InChI=1S/C34H38O2/c1-3-5-9-28(10-6-4-2)29-15-12-25(13-16-29)20-27-14-17-30-18-19-33(36)24-31(34(30)23-27)21-26-8-7-11-32(35)22-26/h7-9,11-19,22-23,31,35H,3-6,10,20-21,24H2,1-2H3. The Balaban J connectivity index is 1.55. The van der Waals surface area contributed by atoms with Gasteiger partial charge in [0.05, 0.1) is 0 Å². The van der Waals surface area contributed by atoms with Crippen molar-refractivity contribution in [3.8, 4) is 5.75 Å². The summed E-state index contributed by atoms with van der Waals surface area (Å²) >= 11 is 0. The Labute approximate surface area is 216 Å². The lowest BCUT2D eigenvalue weighted by atomic mass is 9.85. The average Bonchev–Trinajstić information content (AvgIpc) is 3.03. The van der Waals surface area contributed by atoms with E-state index < -0.39 is 0 Å². The number of hydrogen-bond acceptors (Lipinski definition) is 2. The normalized spacial score (nSPS) is 15.6. The maximum atomic E-state index is 12.5. The van der Waals surface area contributed by atoms with Crippen LogP contribution in [0.25, 0.3) is 11.6 Å². The quantitative estimate of drug-likeness (QED) is 0.316. The first-order valence-electron chi connectivity index (χ1n) is 13.5. The summed E-state index contributed by atoms with van der Waals surface area (Å²) in [4.78, 5) is 12.5. The minimum atomic E-state index is 0.0939. The molecule has 1 aliphatic carbocycles. The Bertz CT molecular complexity index is 1230. The highest BCUT2D eigenvalue weighted by atomic mass is 16.3. The van der Waals surface area contributed by atoms with Crippen LogP contribution in [0, 0.1) is 0 Å². The van der Waals surface area contributed by atoms with Crippen LogP contribution in [-0.2, 0) is 17.6 Å². The van der Waals surface area contributed by atoms with E-state index in [1.54, 1.807) is 18.2 Å². The number of rotatable bonds is 10. The van der Waals surface area contributed by atoms with Crippen molar-refractivity contribution in [2.24, 2.45) is 0 Å². The van der Waals surface area contributed by atoms with Gasteiger partial charge >= 0.3 is 0 Å². The van der Waals surface area contributed by atoms with Gasteiger partial charge in [0, 0.05) is 6.42 Å². The van der Waals surface area contributed by atoms with Crippen LogP contribution in [0.4, 0.5) is 0 Å². The summed E-state index contributed by atoms with van der Waals surface area (Å²) < 4.78 is 0. The fourth-order valence-corrected chi connectivity index (χ4v) is 5.12. The number of hydrogen-bond donors (Lipinski definition) is 1. The molecular formula is C34H38O2. The van der Waals surface area contributed by atoms with Crippen LogP contribution in [0.5, 0.6) is 5.75 Å². The molecule has 36 heavy (non-hydrogen) atoms. The zero-order valence-corrected chi connectivity index (χ0v) is 21.7. The Kier molecular flexibility index (Phi) is 8.95. The molecule has 186 valence electrons. The topological polar surface area (TPSA) is 37.3 Å². The van der Waals surface area contributed by atoms with Gasteiger partial charge in [-0.05, 0) is 95.2 Å². The lowest BCUT2D eigenvalue weighted by Gasteiger charge is -2.19. The van der Waals surface area contributed by atoms with Crippen LogP contribution >= 0.6 is 0 Å². The largest absolute Gasteiger partial charge is 0.508 e. The first kappa shape index (κ1) is 25.7. The molecule has 1 unspecified atom stereocenters. The molecule has 0 radical (unpaired) electrons. The number of aromatic hydroxyl groups is 1. The third kappa shape index (κ3) is 6.85. The molecule has 1 atom stereocenters. The lowest BCUT2D eigenvalue weighted by Crippen LogP contribution is -2.08. The molecule has 0 saturated carbocycles. The van der Waals surface area contributed by atoms with Gasteiger partial charge in [-0.2, -0.15) is 0 Å². The minimum absolute atomic E-state index is 0.0939. The summed E-state index contributed by atoms with van der Waals surface area (Å²) in [6.45, 7) is 4.48. The van der Waals surface area contributed by atoms with Gasteiger partial charge in [-0.25, -0.2) is 0 Å². The molecule has 0 bridgehead atoms. The van der Waals surface area contributed by atoms with Gasteiger partial charge in [-0.1, -0.05) is 93.4 Å². The maximum absolute atomic E-state index is 12.5. The molecular weight excluding hydrogens is 440 g/mol. The molecule has 1 N–H and O–H groups in total. The number of carbonyl (C=O) groups excluding carboxylic acids is 1. The molecule has 3 aromatic carbocycles. The first-order valence-corrected chi connectivity index (χ1v) is 13.5. The first-order chi connectivity index (χ1) is 17.6. The zero-order valence-electron chi connectivity index (χ0n) is 21.7. The molecule has 3 aromatic rings. The van der Waals surface area contributed by atoms with Crippen LogP contribution in [0.15, 0.2) is 78.9 Å². The third-order valence-electron chi connectivity index (χ3n) is 7.09. The summed E-state index contributed by atoms with van der Waals surface area (Å²) in [5.41, 5.74) is 8.77. The lowest BCUT2D eigenvalue weighted by molar-refractivity contribution is -0.114. The summed E-state index contributed by atoms with van der Waals surface area (Å²) in [5.74, 6) is 0.519. The fraction of sp³-hybridized carbons (Fsp3) is 0.324. The number of benzene rings is 3. The van der Waals surface area contributed by atoms with Gasteiger partial charge in [0.15, 0.2) is 5.78 Å². The molecule has 2 nitrogen and oxygen atoms in total. The van der Waals surface area contributed by atoms with Crippen LogP contribution in [-0.4, -0.2) is 10.9 Å². The smallest absolute Gasteiger partial charge is 0.156 e. The van der Waals surface area contributed by atoms with Gasteiger partial charge in [-0.15, -0.1) is 0 Å². The third-order valence-corrected chi connectivity index (χ3v) is 7.09. The molecule has 0 heterocycles. The molecule has 0 saturated heterocycles. The predicted molar refractivity (Wildman–Crippen MR) is 151 cm³/mol. The Morgan fingerprint density at radius 1 is 0.917 bits per heavy atom. The van der Waals surface area contributed by atoms with Gasteiger partial charge in [0.25, 0.3) is 0 Å². The number of fused-ring (bicyclic) bond motifs is 1. The zero-order chi connectivity index (χ0) is 25.3. The second kappa shape index (κ2) is 12.5. The van der Waals surface area contributed by atoms with Gasteiger partial charge in [0.2, 0.25) is 0 Å². The van der Waals surface area contributed by atoms with Crippen LogP contribution in [0.2, 0.25) is 0 Å². The fourth-order valence-electron chi connectivity index (χ4n) is 5.12. The van der Waals surface area contributed by atoms with Crippen molar-refractivity contribution in [1.82, 2.24) is 0 Å². The van der Waals surface area contributed by atoms with Gasteiger partial charge in [-0.3, -0.25) is 4.79 Å². The van der Waals surface area contributed by atoms with Crippen molar-refractivity contribution in [2.45, 2.75) is 71.1 Å². The van der Waals surface area contributed by atoms with Crippen molar-refractivity contribution in [3.63, 3.8) is 0 Å². The molecule has 2 heteroatoms. The summed E-state index contributed by atoms with van der Waals surface area (Å²) in [6, 6.07) is 23.1.